The Morgan fingerprint density at radius 2 is 2.11 bits per heavy atom. The van der Waals surface area contributed by atoms with Gasteiger partial charge in [0.2, 0.25) is 0 Å². The van der Waals surface area contributed by atoms with Crippen molar-refractivity contribution in [2.24, 2.45) is 0 Å². The van der Waals surface area contributed by atoms with Gasteiger partial charge in [-0.25, -0.2) is 4.79 Å². The van der Waals surface area contributed by atoms with Gasteiger partial charge in [-0.05, 0) is 37.1 Å². The normalized spacial score (nSPS) is 10.4. The predicted molar refractivity (Wildman–Crippen MR) is 74.6 cm³/mol. The van der Waals surface area contributed by atoms with Gasteiger partial charge in [-0.15, -0.1) is 0 Å². The topological polar surface area (TPSA) is 42.1 Å². The SMILES string of the molecule is CCOC(=O)c1[nH]ccc1-c1ccc(C)cc1Br. The zero-order valence-electron chi connectivity index (χ0n) is 10.3. The van der Waals surface area contributed by atoms with Crippen molar-refractivity contribution in [1.82, 2.24) is 4.98 Å². The van der Waals surface area contributed by atoms with Crippen LogP contribution in [0.2, 0.25) is 0 Å². The molecule has 0 aliphatic carbocycles. The average molecular weight is 308 g/mol. The molecule has 1 N–H and O–H groups in total. The molecular formula is C14H14BrNO2. The fourth-order valence-corrected chi connectivity index (χ4v) is 2.51. The molecule has 1 aromatic heterocycles. The molecule has 0 saturated heterocycles. The van der Waals surface area contributed by atoms with Gasteiger partial charge >= 0.3 is 5.97 Å². The Morgan fingerprint density at radius 3 is 2.78 bits per heavy atom. The number of carbonyl (C=O) groups excluding carboxylic acids is 1. The van der Waals surface area contributed by atoms with Crippen LogP contribution in [0.15, 0.2) is 34.9 Å². The summed E-state index contributed by atoms with van der Waals surface area (Å²) < 4.78 is 5.99. The molecule has 0 bridgehead atoms. The third kappa shape index (κ3) is 2.48. The molecule has 3 nitrogen and oxygen atoms in total. The molecular weight excluding hydrogens is 294 g/mol. The lowest BCUT2D eigenvalue weighted by molar-refractivity contribution is 0.0521. The van der Waals surface area contributed by atoms with Gasteiger partial charge in [0.05, 0.1) is 6.61 Å². The van der Waals surface area contributed by atoms with E-state index in [9.17, 15) is 4.79 Å². The molecule has 0 spiro atoms. The first kappa shape index (κ1) is 12.9. The Bertz CT molecular complexity index is 575. The van der Waals surface area contributed by atoms with E-state index in [1.54, 1.807) is 13.1 Å². The first-order valence-electron chi connectivity index (χ1n) is 5.74. The fraction of sp³-hybridized carbons (Fsp3) is 0.214. The van der Waals surface area contributed by atoms with E-state index in [1.807, 2.05) is 31.2 Å². The maximum Gasteiger partial charge on any atom is 0.355 e. The van der Waals surface area contributed by atoms with Gasteiger partial charge in [-0.3, -0.25) is 0 Å². The lowest BCUT2D eigenvalue weighted by atomic mass is 10.0. The Hall–Kier alpha value is -1.55. The second kappa shape index (κ2) is 5.40. The Labute approximate surface area is 114 Å². The first-order chi connectivity index (χ1) is 8.63. The number of hydrogen-bond donors (Lipinski definition) is 1. The van der Waals surface area contributed by atoms with E-state index in [4.69, 9.17) is 4.74 Å². The molecule has 1 heterocycles. The summed E-state index contributed by atoms with van der Waals surface area (Å²) in [7, 11) is 0. The molecule has 0 aliphatic heterocycles. The van der Waals surface area contributed by atoms with Crippen LogP contribution < -0.4 is 0 Å². The van der Waals surface area contributed by atoms with E-state index in [-0.39, 0.29) is 5.97 Å². The molecule has 0 radical (unpaired) electrons. The number of hydrogen-bond acceptors (Lipinski definition) is 2. The van der Waals surface area contributed by atoms with Crippen molar-refractivity contribution in [1.29, 1.82) is 0 Å². The van der Waals surface area contributed by atoms with E-state index in [0.29, 0.717) is 12.3 Å². The zero-order chi connectivity index (χ0) is 13.1. The molecule has 0 atom stereocenters. The van der Waals surface area contributed by atoms with E-state index >= 15 is 0 Å². The molecule has 18 heavy (non-hydrogen) atoms. The highest BCUT2D eigenvalue weighted by atomic mass is 79.9. The van der Waals surface area contributed by atoms with Crippen LogP contribution in [0.1, 0.15) is 23.0 Å². The van der Waals surface area contributed by atoms with Crippen molar-refractivity contribution in [3.63, 3.8) is 0 Å². The second-order valence-corrected chi connectivity index (χ2v) is 4.82. The van der Waals surface area contributed by atoms with Crippen molar-refractivity contribution in [3.05, 3.63) is 46.2 Å². The van der Waals surface area contributed by atoms with Gasteiger partial charge in [-0.1, -0.05) is 28.1 Å². The minimum Gasteiger partial charge on any atom is -0.461 e. The van der Waals surface area contributed by atoms with Gasteiger partial charge < -0.3 is 9.72 Å². The number of esters is 1. The minimum atomic E-state index is -0.329. The molecule has 0 unspecified atom stereocenters. The van der Waals surface area contributed by atoms with Gasteiger partial charge in [0.1, 0.15) is 5.69 Å². The quantitative estimate of drug-likeness (QED) is 0.873. The van der Waals surface area contributed by atoms with Gasteiger partial charge in [0.25, 0.3) is 0 Å². The van der Waals surface area contributed by atoms with E-state index in [0.717, 1.165) is 15.6 Å². The van der Waals surface area contributed by atoms with Gasteiger partial charge in [0, 0.05) is 16.2 Å². The number of ether oxygens (including phenoxy) is 1. The summed E-state index contributed by atoms with van der Waals surface area (Å²) in [6.45, 7) is 4.19. The van der Waals surface area contributed by atoms with E-state index in [1.165, 1.54) is 5.56 Å². The standard InChI is InChI=1S/C14H14BrNO2/c1-3-18-14(17)13-11(6-7-16-13)10-5-4-9(2)8-12(10)15/h4-8,16H,3H2,1-2H3. The first-order valence-corrected chi connectivity index (χ1v) is 6.53. The number of nitrogens with one attached hydrogen (secondary N) is 1. The molecule has 1 aromatic carbocycles. The highest BCUT2D eigenvalue weighted by Crippen LogP contribution is 2.31. The summed E-state index contributed by atoms with van der Waals surface area (Å²) in [5.41, 5.74) is 3.48. The van der Waals surface area contributed by atoms with Crippen molar-refractivity contribution >= 4 is 21.9 Å². The number of rotatable bonds is 3. The van der Waals surface area contributed by atoms with Crippen molar-refractivity contribution in [2.45, 2.75) is 13.8 Å². The number of benzene rings is 1. The minimum absolute atomic E-state index is 0.329. The summed E-state index contributed by atoms with van der Waals surface area (Å²) in [5, 5.41) is 0. The van der Waals surface area contributed by atoms with Crippen LogP contribution in [0.25, 0.3) is 11.1 Å². The molecule has 2 aromatic rings. The summed E-state index contributed by atoms with van der Waals surface area (Å²) in [5.74, 6) is -0.329. The lowest BCUT2D eigenvalue weighted by Crippen LogP contribution is -2.06. The van der Waals surface area contributed by atoms with Crippen LogP contribution in [-0.2, 0) is 4.74 Å². The van der Waals surface area contributed by atoms with Crippen molar-refractivity contribution in [3.8, 4) is 11.1 Å². The molecule has 0 saturated carbocycles. The number of aromatic nitrogens is 1. The maximum atomic E-state index is 11.8. The van der Waals surface area contributed by atoms with Crippen LogP contribution in [0.3, 0.4) is 0 Å². The Morgan fingerprint density at radius 1 is 1.33 bits per heavy atom. The lowest BCUT2D eigenvalue weighted by Gasteiger charge is -2.07. The highest BCUT2D eigenvalue weighted by molar-refractivity contribution is 9.10. The van der Waals surface area contributed by atoms with Crippen LogP contribution in [0.5, 0.6) is 0 Å². The number of H-pyrrole nitrogens is 1. The molecule has 0 fully saturated rings. The average Bonchev–Trinajstić information content (AvgIpc) is 2.78. The van der Waals surface area contributed by atoms with Crippen LogP contribution in [0, 0.1) is 6.92 Å². The monoisotopic (exact) mass is 307 g/mol. The second-order valence-electron chi connectivity index (χ2n) is 3.97. The largest absolute Gasteiger partial charge is 0.461 e. The molecule has 4 heteroatoms. The molecule has 94 valence electrons. The molecule has 2 rings (SSSR count). The summed E-state index contributed by atoms with van der Waals surface area (Å²) >= 11 is 3.52. The third-order valence-corrected chi connectivity index (χ3v) is 3.30. The summed E-state index contributed by atoms with van der Waals surface area (Å²) in [6.07, 6.45) is 1.74. The predicted octanol–water partition coefficient (Wildman–Crippen LogP) is 3.93. The van der Waals surface area contributed by atoms with E-state index in [2.05, 4.69) is 20.9 Å². The fourth-order valence-electron chi connectivity index (χ4n) is 1.80. The summed E-state index contributed by atoms with van der Waals surface area (Å²) in [6, 6.07) is 7.91. The van der Waals surface area contributed by atoms with Gasteiger partial charge in [0.15, 0.2) is 0 Å². The third-order valence-electron chi connectivity index (χ3n) is 2.64. The Kier molecular flexibility index (Phi) is 3.87. The summed E-state index contributed by atoms with van der Waals surface area (Å²) in [4.78, 5) is 14.7. The molecule has 0 aliphatic rings. The van der Waals surface area contributed by atoms with Crippen LogP contribution >= 0.6 is 15.9 Å². The van der Waals surface area contributed by atoms with Gasteiger partial charge in [-0.2, -0.15) is 0 Å². The molecule has 0 amide bonds. The maximum absolute atomic E-state index is 11.8. The van der Waals surface area contributed by atoms with E-state index < -0.39 is 0 Å². The smallest absolute Gasteiger partial charge is 0.355 e. The zero-order valence-corrected chi connectivity index (χ0v) is 11.9. The van der Waals surface area contributed by atoms with Crippen LogP contribution in [-0.4, -0.2) is 17.6 Å². The van der Waals surface area contributed by atoms with Crippen molar-refractivity contribution < 1.29 is 9.53 Å². The number of carbonyl (C=O) groups is 1. The van der Waals surface area contributed by atoms with Crippen molar-refractivity contribution in [2.75, 3.05) is 6.61 Å². The number of aromatic amines is 1. The van der Waals surface area contributed by atoms with Crippen LogP contribution in [0.4, 0.5) is 0 Å². The highest BCUT2D eigenvalue weighted by Gasteiger charge is 2.16. The Balaban J connectivity index is 2.45. The number of aryl methyl sites for hydroxylation is 1. The number of halogens is 1.